The normalized spacial score (nSPS) is 10.5. The number of nitriles is 1. The fourth-order valence-corrected chi connectivity index (χ4v) is 2.68. The SMILES string of the molecule is CCNC(=NCc1cc(OC)c(OC)c(OC)c1)NCc1ccc(C#N)cc1F.I. The van der Waals surface area contributed by atoms with Crippen LogP contribution in [0.3, 0.4) is 0 Å². The molecule has 0 amide bonds. The van der Waals surface area contributed by atoms with Crippen molar-refractivity contribution in [3.8, 4) is 23.3 Å². The third-order valence-corrected chi connectivity index (χ3v) is 4.12. The number of guanidine groups is 1. The summed E-state index contributed by atoms with van der Waals surface area (Å²) in [6.07, 6.45) is 0. The van der Waals surface area contributed by atoms with Crippen LogP contribution in [-0.2, 0) is 13.1 Å². The van der Waals surface area contributed by atoms with Crippen molar-refractivity contribution in [1.82, 2.24) is 10.6 Å². The van der Waals surface area contributed by atoms with E-state index in [1.54, 1.807) is 33.5 Å². The first kappa shape index (κ1) is 25.3. The molecule has 30 heavy (non-hydrogen) atoms. The Kier molecular flexibility index (Phi) is 10.7. The van der Waals surface area contributed by atoms with Gasteiger partial charge >= 0.3 is 0 Å². The van der Waals surface area contributed by atoms with E-state index < -0.39 is 5.82 Å². The number of methoxy groups -OCH3 is 3. The molecule has 0 radical (unpaired) electrons. The molecule has 0 bridgehead atoms. The van der Waals surface area contributed by atoms with Crippen LogP contribution in [0, 0.1) is 17.1 Å². The Bertz CT molecular complexity index is 891. The van der Waals surface area contributed by atoms with Gasteiger partial charge in [0.25, 0.3) is 0 Å². The first-order chi connectivity index (χ1) is 14.1. The van der Waals surface area contributed by atoms with E-state index in [4.69, 9.17) is 19.5 Å². The Morgan fingerprint density at radius 1 is 1.07 bits per heavy atom. The predicted octanol–water partition coefficient (Wildman–Crippen LogP) is 3.60. The molecule has 0 aliphatic heterocycles. The Labute approximate surface area is 193 Å². The average molecular weight is 528 g/mol. The highest BCUT2D eigenvalue weighted by molar-refractivity contribution is 14.0. The molecule has 2 N–H and O–H groups in total. The zero-order chi connectivity index (χ0) is 21.2. The fourth-order valence-electron chi connectivity index (χ4n) is 2.68. The van der Waals surface area contributed by atoms with Crippen molar-refractivity contribution in [2.45, 2.75) is 20.0 Å². The second-order valence-electron chi connectivity index (χ2n) is 6.00. The van der Waals surface area contributed by atoms with Crippen LogP contribution in [0.2, 0.25) is 0 Å². The van der Waals surface area contributed by atoms with Gasteiger partial charge in [0.2, 0.25) is 5.75 Å². The van der Waals surface area contributed by atoms with Crippen LogP contribution in [0.5, 0.6) is 17.2 Å². The summed E-state index contributed by atoms with van der Waals surface area (Å²) in [7, 11) is 4.66. The fraction of sp³-hybridized carbons (Fsp3) is 0.333. The van der Waals surface area contributed by atoms with Gasteiger partial charge in [-0.2, -0.15) is 5.26 Å². The number of nitrogens with one attached hydrogen (secondary N) is 2. The van der Waals surface area contributed by atoms with Crippen molar-refractivity contribution < 1.29 is 18.6 Å². The molecule has 0 unspecified atom stereocenters. The molecule has 0 atom stereocenters. The van der Waals surface area contributed by atoms with Gasteiger partial charge in [-0.15, -0.1) is 24.0 Å². The van der Waals surface area contributed by atoms with E-state index in [1.807, 2.05) is 25.1 Å². The quantitative estimate of drug-likeness (QED) is 0.310. The van der Waals surface area contributed by atoms with Gasteiger partial charge < -0.3 is 24.8 Å². The highest BCUT2D eigenvalue weighted by atomic mass is 127. The predicted molar refractivity (Wildman–Crippen MR) is 124 cm³/mol. The van der Waals surface area contributed by atoms with Crippen LogP contribution in [0.25, 0.3) is 0 Å². The lowest BCUT2D eigenvalue weighted by molar-refractivity contribution is 0.324. The highest BCUT2D eigenvalue weighted by Gasteiger charge is 2.13. The molecule has 2 aromatic carbocycles. The van der Waals surface area contributed by atoms with E-state index in [1.165, 1.54) is 6.07 Å². The largest absolute Gasteiger partial charge is 0.493 e. The molecule has 7 nitrogen and oxygen atoms in total. The maximum absolute atomic E-state index is 14.1. The average Bonchev–Trinajstić information content (AvgIpc) is 2.75. The zero-order valence-corrected chi connectivity index (χ0v) is 19.7. The third-order valence-electron chi connectivity index (χ3n) is 4.12. The lowest BCUT2D eigenvalue weighted by atomic mass is 10.1. The number of benzene rings is 2. The van der Waals surface area contributed by atoms with E-state index in [9.17, 15) is 4.39 Å². The Hall–Kier alpha value is -2.74. The van der Waals surface area contributed by atoms with E-state index in [0.29, 0.717) is 41.9 Å². The van der Waals surface area contributed by atoms with E-state index in [-0.39, 0.29) is 36.1 Å². The van der Waals surface area contributed by atoms with Crippen molar-refractivity contribution in [3.05, 3.63) is 52.8 Å². The topological polar surface area (TPSA) is 87.9 Å². The highest BCUT2D eigenvalue weighted by Crippen LogP contribution is 2.38. The van der Waals surface area contributed by atoms with Gasteiger partial charge in [0.1, 0.15) is 5.82 Å². The molecule has 0 aliphatic rings. The molecule has 0 saturated heterocycles. The lowest BCUT2D eigenvalue weighted by Gasteiger charge is -2.14. The second kappa shape index (κ2) is 12.7. The first-order valence-electron chi connectivity index (χ1n) is 9.05. The smallest absolute Gasteiger partial charge is 0.203 e. The molecule has 0 spiro atoms. The molecule has 0 fully saturated rings. The van der Waals surface area contributed by atoms with Gasteiger partial charge in [-0.05, 0) is 36.8 Å². The van der Waals surface area contributed by atoms with Gasteiger partial charge in [0.05, 0.1) is 39.5 Å². The monoisotopic (exact) mass is 528 g/mol. The van der Waals surface area contributed by atoms with Crippen LogP contribution in [0.4, 0.5) is 4.39 Å². The van der Waals surface area contributed by atoms with Crippen LogP contribution < -0.4 is 24.8 Å². The van der Waals surface area contributed by atoms with Gasteiger partial charge in [0, 0.05) is 18.7 Å². The number of halogens is 2. The summed E-state index contributed by atoms with van der Waals surface area (Å²) in [4.78, 5) is 4.54. The van der Waals surface area contributed by atoms with Gasteiger partial charge in [-0.1, -0.05) is 6.07 Å². The second-order valence-corrected chi connectivity index (χ2v) is 6.00. The summed E-state index contributed by atoms with van der Waals surface area (Å²) in [6.45, 7) is 3.18. The number of aliphatic imine (C=N–C) groups is 1. The van der Waals surface area contributed by atoms with Crippen molar-refractivity contribution in [3.63, 3.8) is 0 Å². The number of rotatable bonds is 8. The van der Waals surface area contributed by atoms with Gasteiger partial charge in [-0.3, -0.25) is 0 Å². The summed E-state index contributed by atoms with van der Waals surface area (Å²) >= 11 is 0. The van der Waals surface area contributed by atoms with Crippen LogP contribution >= 0.6 is 24.0 Å². The van der Waals surface area contributed by atoms with Gasteiger partial charge in [0.15, 0.2) is 17.5 Å². The Balaban J connectivity index is 0.00000450. The summed E-state index contributed by atoms with van der Waals surface area (Å²) in [5.41, 5.74) is 1.60. The van der Waals surface area contributed by atoms with Crippen molar-refractivity contribution in [2.24, 2.45) is 4.99 Å². The summed E-state index contributed by atoms with van der Waals surface area (Å²) in [5, 5.41) is 15.1. The molecule has 0 aromatic heterocycles. The number of hydrogen-bond acceptors (Lipinski definition) is 5. The summed E-state index contributed by atoms with van der Waals surface area (Å²) in [5.74, 6) is 1.72. The number of nitrogens with zero attached hydrogens (tertiary/aromatic N) is 2. The van der Waals surface area contributed by atoms with Crippen LogP contribution in [-0.4, -0.2) is 33.8 Å². The molecular weight excluding hydrogens is 502 g/mol. The van der Waals surface area contributed by atoms with Gasteiger partial charge in [-0.25, -0.2) is 9.38 Å². The molecule has 162 valence electrons. The Morgan fingerprint density at radius 2 is 1.73 bits per heavy atom. The summed E-state index contributed by atoms with van der Waals surface area (Å²) in [6, 6.07) is 9.97. The molecule has 0 saturated carbocycles. The first-order valence-corrected chi connectivity index (χ1v) is 9.05. The standard InChI is InChI=1S/C21H25FN4O3.HI/c1-5-24-21(26-13-16-7-6-14(11-23)8-17(16)22)25-12-15-9-18(27-2)20(29-4)19(10-15)28-3;/h6-10H,5,12-13H2,1-4H3,(H2,24,25,26);1H. The minimum atomic E-state index is -0.433. The van der Waals surface area contributed by atoms with E-state index in [2.05, 4.69) is 15.6 Å². The molecule has 0 heterocycles. The lowest BCUT2D eigenvalue weighted by Crippen LogP contribution is -2.37. The van der Waals surface area contributed by atoms with Crippen molar-refractivity contribution >= 4 is 29.9 Å². The molecular formula is C21H26FIN4O3. The van der Waals surface area contributed by atoms with Crippen molar-refractivity contribution in [1.29, 1.82) is 5.26 Å². The molecule has 9 heteroatoms. The zero-order valence-electron chi connectivity index (χ0n) is 17.4. The number of ether oxygens (including phenoxy) is 3. The minimum absolute atomic E-state index is 0. The third kappa shape index (κ3) is 6.66. The van der Waals surface area contributed by atoms with E-state index in [0.717, 1.165) is 5.56 Å². The molecule has 0 aliphatic carbocycles. The molecule has 2 aromatic rings. The number of hydrogen-bond donors (Lipinski definition) is 2. The van der Waals surface area contributed by atoms with E-state index >= 15 is 0 Å². The van der Waals surface area contributed by atoms with Crippen LogP contribution in [0.1, 0.15) is 23.6 Å². The van der Waals surface area contributed by atoms with Crippen LogP contribution in [0.15, 0.2) is 35.3 Å². The van der Waals surface area contributed by atoms with Crippen molar-refractivity contribution in [2.75, 3.05) is 27.9 Å². The maximum atomic E-state index is 14.1. The maximum Gasteiger partial charge on any atom is 0.203 e. The Morgan fingerprint density at radius 3 is 2.23 bits per heavy atom. The minimum Gasteiger partial charge on any atom is -0.493 e. The summed E-state index contributed by atoms with van der Waals surface area (Å²) < 4.78 is 30.1. The molecule has 2 rings (SSSR count).